The molecule has 0 radical (unpaired) electrons. The van der Waals surface area contributed by atoms with Crippen LogP contribution in [0.25, 0.3) is 0 Å². The van der Waals surface area contributed by atoms with E-state index < -0.39 is 5.97 Å². The van der Waals surface area contributed by atoms with Crippen LogP contribution in [0.1, 0.15) is 29.8 Å². The third-order valence-corrected chi connectivity index (χ3v) is 3.24. The Morgan fingerprint density at radius 2 is 2.14 bits per heavy atom. The molecule has 0 aliphatic carbocycles. The molecule has 1 saturated heterocycles. The fourth-order valence-corrected chi connectivity index (χ4v) is 2.10. The minimum atomic E-state index is -1.09. The van der Waals surface area contributed by atoms with Gasteiger partial charge in [0.25, 0.3) is 0 Å². The molecule has 0 bridgehead atoms. The number of ether oxygens (including phenoxy) is 1. The van der Waals surface area contributed by atoms with E-state index in [9.17, 15) is 9.59 Å². The highest BCUT2D eigenvalue weighted by Gasteiger charge is 2.13. The van der Waals surface area contributed by atoms with Crippen molar-refractivity contribution in [2.24, 2.45) is 0 Å². The fraction of sp³-hybridized carbons (Fsp3) is 0.500. The summed E-state index contributed by atoms with van der Waals surface area (Å²) in [5.74, 6) is -1.27. The van der Waals surface area contributed by atoms with Crippen LogP contribution in [0.2, 0.25) is 0 Å². The highest BCUT2D eigenvalue weighted by molar-refractivity contribution is 5.91. The third kappa shape index (κ3) is 5.13. The average molecular weight is 293 g/mol. The molecule has 0 spiro atoms. The van der Waals surface area contributed by atoms with Crippen LogP contribution in [0, 0.1) is 0 Å². The number of carboxylic acid groups (broad SMARTS) is 1. The number of carboxylic acids is 1. The molecule has 21 heavy (non-hydrogen) atoms. The van der Waals surface area contributed by atoms with Crippen molar-refractivity contribution in [3.05, 3.63) is 24.0 Å². The smallest absolute Gasteiger partial charge is 0.354 e. The van der Waals surface area contributed by atoms with Gasteiger partial charge in [0.05, 0.1) is 31.0 Å². The Balaban J connectivity index is 1.70. The summed E-state index contributed by atoms with van der Waals surface area (Å²) in [6.45, 7) is 2.30. The topological polar surface area (TPSA) is 101 Å². The zero-order valence-electron chi connectivity index (χ0n) is 11.7. The predicted molar refractivity (Wildman–Crippen MR) is 76.3 cm³/mol. The maximum atomic E-state index is 11.7. The maximum Gasteiger partial charge on any atom is 0.354 e. The van der Waals surface area contributed by atoms with Crippen LogP contribution in [-0.4, -0.2) is 47.8 Å². The van der Waals surface area contributed by atoms with Gasteiger partial charge in [0, 0.05) is 0 Å². The van der Waals surface area contributed by atoms with Gasteiger partial charge in [-0.3, -0.25) is 4.79 Å². The highest BCUT2D eigenvalue weighted by Crippen LogP contribution is 2.09. The van der Waals surface area contributed by atoms with Crippen LogP contribution in [-0.2, 0) is 9.53 Å². The van der Waals surface area contributed by atoms with E-state index in [-0.39, 0.29) is 24.1 Å². The lowest BCUT2D eigenvalue weighted by Crippen LogP contribution is -2.33. The lowest BCUT2D eigenvalue weighted by Gasteiger charge is -2.22. The second kappa shape index (κ2) is 7.70. The fourth-order valence-electron chi connectivity index (χ4n) is 2.10. The predicted octanol–water partition coefficient (Wildman–Crippen LogP) is 0.877. The number of amides is 1. The van der Waals surface area contributed by atoms with Gasteiger partial charge >= 0.3 is 5.97 Å². The highest BCUT2D eigenvalue weighted by atomic mass is 16.5. The van der Waals surface area contributed by atoms with Crippen molar-refractivity contribution in [2.45, 2.75) is 25.4 Å². The summed E-state index contributed by atoms with van der Waals surface area (Å²) >= 11 is 0. The molecule has 2 rings (SSSR count). The number of nitrogens with zero attached hydrogens (tertiary/aromatic N) is 1. The minimum Gasteiger partial charge on any atom is -0.477 e. The Bertz CT molecular complexity index is 483. The van der Waals surface area contributed by atoms with Gasteiger partial charge in [-0.05, 0) is 38.1 Å². The van der Waals surface area contributed by atoms with Crippen molar-refractivity contribution < 1.29 is 19.4 Å². The standard InChI is InChI=1S/C14H19N3O4/c18-13(5-8-21-11-3-6-15-7-4-11)17-10-1-2-12(14(19)20)16-9-10/h1-2,9,11,15H,3-8H2,(H,17,18)(H,19,20). The van der Waals surface area contributed by atoms with Gasteiger partial charge in [-0.2, -0.15) is 0 Å². The molecule has 114 valence electrons. The van der Waals surface area contributed by atoms with E-state index in [0.717, 1.165) is 25.9 Å². The van der Waals surface area contributed by atoms with E-state index >= 15 is 0 Å². The number of carbonyl (C=O) groups is 2. The zero-order valence-corrected chi connectivity index (χ0v) is 11.7. The number of carbonyl (C=O) groups excluding carboxylic acids is 1. The minimum absolute atomic E-state index is 0.0535. The first-order chi connectivity index (χ1) is 10.1. The molecule has 1 fully saturated rings. The summed E-state index contributed by atoms with van der Waals surface area (Å²) in [5.41, 5.74) is 0.425. The summed E-state index contributed by atoms with van der Waals surface area (Å²) in [4.78, 5) is 26.1. The second-order valence-corrected chi connectivity index (χ2v) is 4.86. The molecule has 2 heterocycles. The quantitative estimate of drug-likeness (QED) is 0.720. The number of pyridine rings is 1. The van der Waals surface area contributed by atoms with E-state index in [1.54, 1.807) is 0 Å². The normalized spacial score (nSPS) is 15.6. The molecule has 7 nitrogen and oxygen atoms in total. The van der Waals surface area contributed by atoms with Crippen molar-refractivity contribution in [3.8, 4) is 0 Å². The number of rotatable bonds is 6. The van der Waals surface area contributed by atoms with Crippen molar-refractivity contribution in [3.63, 3.8) is 0 Å². The Labute approximate surface area is 122 Å². The number of anilines is 1. The van der Waals surface area contributed by atoms with Crippen molar-refractivity contribution in [2.75, 3.05) is 25.0 Å². The van der Waals surface area contributed by atoms with Gasteiger partial charge in [0.1, 0.15) is 5.69 Å². The molecule has 0 saturated carbocycles. The zero-order chi connectivity index (χ0) is 15.1. The average Bonchev–Trinajstić information content (AvgIpc) is 2.49. The summed E-state index contributed by atoms with van der Waals surface area (Å²) in [6, 6.07) is 2.87. The second-order valence-electron chi connectivity index (χ2n) is 4.86. The Morgan fingerprint density at radius 1 is 1.38 bits per heavy atom. The van der Waals surface area contributed by atoms with Crippen LogP contribution >= 0.6 is 0 Å². The summed E-state index contributed by atoms with van der Waals surface area (Å²) in [7, 11) is 0. The molecular formula is C14H19N3O4. The first kappa shape index (κ1) is 15.4. The monoisotopic (exact) mass is 293 g/mol. The van der Waals surface area contributed by atoms with Gasteiger partial charge in [0.2, 0.25) is 5.91 Å². The number of piperidine rings is 1. The van der Waals surface area contributed by atoms with Crippen LogP contribution in [0.5, 0.6) is 0 Å². The Kier molecular flexibility index (Phi) is 5.65. The summed E-state index contributed by atoms with van der Waals surface area (Å²) < 4.78 is 5.65. The molecule has 3 N–H and O–H groups in total. The number of aromatic carboxylic acids is 1. The van der Waals surface area contributed by atoms with Crippen LogP contribution in [0.3, 0.4) is 0 Å². The van der Waals surface area contributed by atoms with E-state index in [2.05, 4.69) is 15.6 Å². The largest absolute Gasteiger partial charge is 0.477 e. The molecule has 1 aliphatic rings. The van der Waals surface area contributed by atoms with Gasteiger partial charge in [-0.1, -0.05) is 0 Å². The molecule has 1 aromatic heterocycles. The van der Waals surface area contributed by atoms with Gasteiger partial charge in [0.15, 0.2) is 0 Å². The first-order valence-corrected chi connectivity index (χ1v) is 6.96. The van der Waals surface area contributed by atoms with Gasteiger partial charge < -0.3 is 20.5 Å². The number of nitrogens with one attached hydrogen (secondary N) is 2. The third-order valence-electron chi connectivity index (χ3n) is 3.24. The van der Waals surface area contributed by atoms with Gasteiger partial charge in [-0.25, -0.2) is 9.78 Å². The van der Waals surface area contributed by atoms with Crippen LogP contribution in [0.15, 0.2) is 18.3 Å². The molecule has 0 unspecified atom stereocenters. The molecule has 7 heteroatoms. The van der Waals surface area contributed by atoms with E-state index in [1.807, 2.05) is 0 Å². The Morgan fingerprint density at radius 3 is 2.76 bits per heavy atom. The number of aromatic nitrogens is 1. The Hall–Kier alpha value is -1.99. The van der Waals surface area contributed by atoms with Crippen molar-refractivity contribution in [1.29, 1.82) is 0 Å². The molecule has 0 aromatic carbocycles. The summed E-state index contributed by atoms with van der Waals surface area (Å²) in [6.07, 6.45) is 3.78. The van der Waals surface area contributed by atoms with E-state index in [0.29, 0.717) is 12.3 Å². The summed E-state index contributed by atoms with van der Waals surface area (Å²) in [5, 5.41) is 14.6. The number of hydrogen-bond donors (Lipinski definition) is 3. The maximum absolute atomic E-state index is 11.7. The lowest BCUT2D eigenvalue weighted by atomic mass is 10.1. The van der Waals surface area contributed by atoms with E-state index in [1.165, 1.54) is 18.3 Å². The molecule has 0 atom stereocenters. The SMILES string of the molecule is O=C(CCOC1CCNCC1)Nc1ccc(C(=O)O)nc1. The van der Waals surface area contributed by atoms with Crippen molar-refractivity contribution >= 4 is 17.6 Å². The lowest BCUT2D eigenvalue weighted by molar-refractivity contribution is -0.117. The van der Waals surface area contributed by atoms with Gasteiger partial charge in [-0.15, -0.1) is 0 Å². The van der Waals surface area contributed by atoms with E-state index in [4.69, 9.17) is 9.84 Å². The first-order valence-electron chi connectivity index (χ1n) is 6.96. The van der Waals surface area contributed by atoms with Crippen LogP contribution < -0.4 is 10.6 Å². The molecule has 1 amide bonds. The molecular weight excluding hydrogens is 274 g/mol. The molecule has 1 aromatic rings. The van der Waals surface area contributed by atoms with Crippen molar-refractivity contribution in [1.82, 2.24) is 10.3 Å². The molecule has 1 aliphatic heterocycles. The number of hydrogen-bond acceptors (Lipinski definition) is 5. The van der Waals surface area contributed by atoms with Crippen LogP contribution in [0.4, 0.5) is 5.69 Å².